The zero-order valence-electron chi connectivity index (χ0n) is 11.4. The van der Waals surface area contributed by atoms with Gasteiger partial charge in [0.25, 0.3) is 0 Å². The van der Waals surface area contributed by atoms with Gasteiger partial charge >= 0.3 is 6.09 Å². The summed E-state index contributed by atoms with van der Waals surface area (Å²) in [5, 5.41) is 1.30. The van der Waals surface area contributed by atoms with Gasteiger partial charge in [-0.05, 0) is 26.3 Å². The highest BCUT2D eigenvalue weighted by Crippen LogP contribution is 2.39. The van der Waals surface area contributed by atoms with Crippen LogP contribution in [0.15, 0.2) is 6.33 Å². The molecule has 3 heterocycles. The van der Waals surface area contributed by atoms with Gasteiger partial charge in [-0.3, -0.25) is 4.90 Å². The molecule has 0 fully saturated rings. The van der Waals surface area contributed by atoms with Crippen molar-refractivity contribution in [3.63, 3.8) is 0 Å². The largest absolute Gasteiger partial charge is 0.444 e. The van der Waals surface area contributed by atoms with Crippen molar-refractivity contribution in [3.05, 3.63) is 21.9 Å². The van der Waals surface area contributed by atoms with Crippen LogP contribution in [0.3, 0.4) is 0 Å². The maximum absolute atomic E-state index is 12.1. The van der Waals surface area contributed by atoms with Crippen molar-refractivity contribution in [1.29, 1.82) is 0 Å². The Morgan fingerprint density at radius 2 is 2.15 bits per heavy atom. The quantitative estimate of drug-likeness (QED) is 0.698. The third-order valence-electron chi connectivity index (χ3n) is 2.96. The normalized spacial score (nSPS) is 14.7. The Labute approximate surface area is 125 Å². The Morgan fingerprint density at radius 3 is 2.85 bits per heavy atom. The predicted molar refractivity (Wildman–Crippen MR) is 77.9 cm³/mol. The van der Waals surface area contributed by atoms with Crippen LogP contribution in [0.5, 0.6) is 0 Å². The van der Waals surface area contributed by atoms with Crippen molar-refractivity contribution in [2.24, 2.45) is 0 Å². The molecule has 0 saturated heterocycles. The van der Waals surface area contributed by atoms with Crippen LogP contribution in [0.2, 0.25) is 5.15 Å². The van der Waals surface area contributed by atoms with Gasteiger partial charge in [0.2, 0.25) is 0 Å². The highest BCUT2D eigenvalue weighted by molar-refractivity contribution is 7.19. The minimum Gasteiger partial charge on any atom is -0.444 e. The van der Waals surface area contributed by atoms with E-state index in [4.69, 9.17) is 16.3 Å². The number of nitrogens with zero attached hydrogens (tertiary/aromatic N) is 3. The van der Waals surface area contributed by atoms with Gasteiger partial charge in [0.1, 0.15) is 21.9 Å². The Bertz CT molecular complexity index is 693. The van der Waals surface area contributed by atoms with Crippen LogP contribution in [-0.4, -0.2) is 26.6 Å². The molecule has 1 aliphatic rings. The van der Waals surface area contributed by atoms with Crippen molar-refractivity contribution in [1.82, 2.24) is 14.9 Å². The highest BCUT2D eigenvalue weighted by atomic mass is 35.5. The molecule has 0 aromatic carbocycles. The van der Waals surface area contributed by atoms with Gasteiger partial charge in [0.05, 0.1) is 18.5 Å². The van der Waals surface area contributed by atoms with Crippen LogP contribution in [0, 0.1) is 0 Å². The predicted octanol–water partition coefficient (Wildman–Crippen LogP) is 3.60. The first-order chi connectivity index (χ1) is 9.35. The molecule has 0 radical (unpaired) electrons. The third-order valence-corrected chi connectivity index (χ3v) is 4.37. The van der Waals surface area contributed by atoms with Crippen LogP contribution in [-0.2, 0) is 17.8 Å². The Hall–Kier alpha value is -1.40. The summed E-state index contributed by atoms with van der Waals surface area (Å²) in [6.07, 6.45) is 1.16. The second-order valence-electron chi connectivity index (χ2n) is 5.68. The molecule has 2 aromatic rings. The summed E-state index contributed by atoms with van der Waals surface area (Å²) in [7, 11) is 0. The van der Waals surface area contributed by atoms with E-state index in [0.29, 0.717) is 18.2 Å². The lowest BCUT2D eigenvalue weighted by Crippen LogP contribution is -2.33. The number of carbonyl (C=O) groups is 1. The molecule has 20 heavy (non-hydrogen) atoms. The molecule has 106 valence electrons. The van der Waals surface area contributed by atoms with Crippen LogP contribution in [0.25, 0.3) is 10.2 Å². The molecule has 1 aliphatic heterocycles. The molecule has 2 aromatic heterocycles. The second-order valence-corrected chi connectivity index (χ2v) is 7.13. The van der Waals surface area contributed by atoms with E-state index in [9.17, 15) is 4.79 Å². The Kier molecular flexibility index (Phi) is 3.10. The summed E-state index contributed by atoms with van der Waals surface area (Å²) >= 11 is 7.69. The monoisotopic (exact) mass is 311 g/mol. The lowest BCUT2D eigenvalue weighted by molar-refractivity contribution is 0.0243. The van der Waals surface area contributed by atoms with E-state index in [0.717, 1.165) is 20.7 Å². The van der Waals surface area contributed by atoms with E-state index < -0.39 is 5.60 Å². The number of thiophene rings is 1. The summed E-state index contributed by atoms with van der Waals surface area (Å²) in [6.45, 7) is 6.61. The zero-order chi connectivity index (χ0) is 14.5. The smallest absolute Gasteiger partial charge is 0.410 e. The molecule has 0 spiro atoms. The molecule has 3 rings (SSSR count). The number of carbonyl (C=O) groups excluding carboxylic acids is 1. The summed E-state index contributed by atoms with van der Waals surface area (Å²) in [5.74, 6) is 0. The van der Waals surface area contributed by atoms with Crippen molar-refractivity contribution >= 4 is 39.2 Å². The van der Waals surface area contributed by atoms with E-state index in [2.05, 4.69) is 9.97 Å². The van der Waals surface area contributed by atoms with Gasteiger partial charge in [-0.25, -0.2) is 14.8 Å². The fourth-order valence-electron chi connectivity index (χ4n) is 2.17. The second kappa shape index (κ2) is 4.56. The first kappa shape index (κ1) is 13.6. The van der Waals surface area contributed by atoms with Crippen molar-refractivity contribution in [2.75, 3.05) is 0 Å². The van der Waals surface area contributed by atoms with E-state index >= 15 is 0 Å². The van der Waals surface area contributed by atoms with Crippen molar-refractivity contribution in [2.45, 2.75) is 39.5 Å². The van der Waals surface area contributed by atoms with Gasteiger partial charge < -0.3 is 4.74 Å². The van der Waals surface area contributed by atoms with Gasteiger partial charge in [-0.1, -0.05) is 11.6 Å². The number of hydrogen-bond donors (Lipinski definition) is 0. The number of fused-ring (bicyclic) bond motifs is 3. The van der Waals surface area contributed by atoms with Crippen LogP contribution in [0.4, 0.5) is 4.79 Å². The minimum atomic E-state index is -0.490. The molecule has 0 unspecified atom stereocenters. The van der Waals surface area contributed by atoms with Crippen molar-refractivity contribution in [3.8, 4) is 0 Å². The van der Waals surface area contributed by atoms with Crippen molar-refractivity contribution < 1.29 is 9.53 Å². The summed E-state index contributed by atoms with van der Waals surface area (Å²) in [4.78, 5) is 24.0. The van der Waals surface area contributed by atoms with E-state index in [1.54, 1.807) is 16.2 Å². The van der Waals surface area contributed by atoms with E-state index in [-0.39, 0.29) is 6.09 Å². The number of ether oxygens (including phenoxy) is 1. The highest BCUT2D eigenvalue weighted by Gasteiger charge is 2.31. The molecule has 0 saturated carbocycles. The fraction of sp³-hybridized carbons (Fsp3) is 0.462. The van der Waals surface area contributed by atoms with E-state index in [1.165, 1.54) is 6.33 Å². The first-order valence-electron chi connectivity index (χ1n) is 6.24. The number of amides is 1. The number of hydrogen-bond acceptors (Lipinski definition) is 5. The summed E-state index contributed by atoms with van der Waals surface area (Å²) in [5.41, 5.74) is 0.553. The van der Waals surface area contributed by atoms with Crippen LogP contribution in [0.1, 0.15) is 31.2 Å². The van der Waals surface area contributed by atoms with Gasteiger partial charge in [0, 0.05) is 4.88 Å². The van der Waals surface area contributed by atoms with Gasteiger partial charge in [-0.15, -0.1) is 11.3 Å². The molecular formula is C13H14ClN3O2S. The van der Waals surface area contributed by atoms with Gasteiger partial charge in [0.15, 0.2) is 0 Å². The zero-order valence-corrected chi connectivity index (χ0v) is 13.0. The summed E-state index contributed by atoms with van der Waals surface area (Å²) in [6, 6.07) is 0. The topological polar surface area (TPSA) is 55.3 Å². The van der Waals surface area contributed by atoms with Crippen LogP contribution < -0.4 is 0 Å². The number of halogens is 1. The Balaban J connectivity index is 1.88. The number of rotatable bonds is 0. The maximum atomic E-state index is 12.1. The van der Waals surface area contributed by atoms with Crippen LogP contribution >= 0.6 is 22.9 Å². The Morgan fingerprint density at radius 1 is 1.40 bits per heavy atom. The third kappa shape index (κ3) is 2.33. The maximum Gasteiger partial charge on any atom is 0.410 e. The average molecular weight is 312 g/mol. The standard InChI is InChI=1S/C13H14ClN3O2S/c1-13(2,3)19-12(18)17-4-7-8(5-17)20-11-9(7)10(14)15-6-16-11/h6H,4-5H2,1-3H3. The lowest BCUT2D eigenvalue weighted by atomic mass is 10.2. The average Bonchev–Trinajstić information content (AvgIpc) is 2.83. The molecule has 0 aliphatic carbocycles. The minimum absolute atomic E-state index is 0.304. The SMILES string of the molecule is CC(C)(C)OC(=O)N1Cc2sc3ncnc(Cl)c3c2C1. The molecule has 7 heteroatoms. The molecule has 0 N–H and O–H groups in total. The molecule has 0 atom stereocenters. The molecule has 1 amide bonds. The van der Waals surface area contributed by atoms with Gasteiger partial charge in [-0.2, -0.15) is 0 Å². The van der Waals surface area contributed by atoms with E-state index in [1.807, 2.05) is 20.8 Å². The summed E-state index contributed by atoms with van der Waals surface area (Å²) < 4.78 is 5.39. The fourth-order valence-corrected chi connectivity index (χ4v) is 3.64. The molecule has 0 bridgehead atoms. The lowest BCUT2D eigenvalue weighted by Gasteiger charge is -2.24. The number of aromatic nitrogens is 2. The molecule has 5 nitrogen and oxygen atoms in total. The first-order valence-corrected chi connectivity index (χ1v) is 7.43. The molecular weight excluding hydrogens is 298 g/mol.